The molecule has 0 aliphatic carbocycles. The lowest BCUT2D eigenvalue weighted by atomic mass is 10.0. The molecule has 1 fully saturated rings. The highest BCUT2D eigenvalue weighted by Crippen LogP contribution is 2.38. The molecule has 1 aromatic rings. The third-order valence-electron chi connectivity index (χ3n) is 3.34. The lowest BCUT2D eigenvalue weighted by Gasteiger charge is -2.28. The van der Waals surface area contributed by atoms with Gasteiger partial charge in [0.05, 0.1) is 36.5 Å². The van der Waals surface area contributed by atoms with Crippen molar-refractivity contribution in [3.8, 4) is 0 Å². The molecule has 0 aromatic heterocycles. The lowest BCUT2D eigenvalue weighted by molar-refractivity contribution is -0.173. The molecule has 1 heterocycles. The molecule has 1 aromatic carbocycles. The number of hydrogen-bond donors (Lipinski definition) is 0. The summed E-state index contributed by atoms with van der Waals surface area (Å²) < 4.78 is 22.1. The molecule has 0 spiro atoms. The first-order chi connectivity index (χ1) is 10.2. The van der Waals surface area contributed by atoms with Gasteiger partial charge in [-0.25, -0.2) is 0 Å². The van der Waals surface area contributed by atoms with Crippen molar-refractivity contribution in [2.75, 3.05) is 40.1 Å². The molecule has 0 unspecified atom stereocenters. The van der Waals surface area contributed by atoms with E-state index in [1.807, 2.05) is 6.07 Å². The van der Waals surface area contributed by atoms with Gasteiger partial charge in [-0.3, -0.25) is 0 Å². The van der Waals surface area contributed by atoms with Crippen LogP contribution in [0.4, 0.5) is 0 Å². The average molecular weight is 335 g/mol. The summed E-state index contributed by atoms with van der Waals surface area (Å²) in [5.41, 5.74) is 0.895. The maximum Gasteiger partial charge on any atom is 0.195 e. The Kier molecular flexibility index (Phi) is 6.74. The Morgan fingerprint density at radius 1 is 1.10 bits per heavy atom. The number of methoxy groups -OCH3 is 1. The summed E-state index contributed by atoms with van der Waals surface area (Å²) in [5, 5.41) is 1.03. The van der Waals surface area contributed by atoms with Crippen molar-refractivity contribution in [3.05, 3.63) is 33.8 Å². The molecule has 6 heteroatoms. The maximum absolute atomic E-state index is 6.09. The largest absolute Gasteiger partial charge is 0.382 e. The van der Waals surface area contributed by atoms with Crippen molar-refractivity contribution >= 4 is 23.2 Å². The molecular weight excluding hydrogens is 315 g/mol. The van der Waals surface area contributed by atoms with Gasteiger partial charge >= 0.3 is 0 Å². The van der Waals surface area contributed by atoms with Crippen molar-refractivity contribution in [2.24, 2.45) is 0 Å². The minimum atomic E-state index is -0.737. The van der Waals surface area contributed by atoms with Gasteiger partial charge in [0, 0.05) is 25.7 Å². The van der Waals surface area contributed by atoms with Gasteiger partial charge in [-0.05, 0) is 18.6 Å². The second-order valence-corrected chi connectivity index (χ2v) is 5.60. The highest BCUT2D eigenvalue weighted by molar-refractivity contribution is 6.42. The lowest BCUT2D eigenvalue weighted by Crippen LogP contribution is -2.27. The van der Waals surface area contributed by atoms with Crippen LogP contribution in [0.3, 0.4) is 0 Å². The summed E-state index contributed by atoms with van der Waals surface area (Å²) in [6, 6.07) is 5.47. The molecule has 0 radical (unpaired) electrons. The van der Waals surface area contributed by atoms with Crippen LogP contribution >= 0.6 is 23.2 Å². The average Bonchev–Trinajstić information content (AvgIpc) is 2.95. The third kappa shape index (κ3) is 4.55. The number of halogens is 2. The summed E-state index contributed by atoms with van der Waals surface area (Å²) in [7, 11) is 1.66. The Hall–Kier alpha value is -0.360. The van der Waals surface area contributed by atoms with Crippen LogP contribution < -0.4 is 0 Å². The van der Waals surface area contributed by atoms with Gasteiger partial charge in [0.15, 0.2) is 5.79 Å². The predicted molar refractivity (Wildman–Crippen MR) is 82.0 cm³/mol. The zero-order valence-electron chi connectivity index (χ0n) is 12.1. The maximum atomic E-state index is 6.09. The Morgan fingerprint density at radius 3 is 2.52 bits per heavy atom. The smallest absolute Gasteiger partial charge is 0.195 e. The van der Waals surface area contributed by atoms with Gasteiger partial charge in [0.2, 0.25) is 0 Å². The zero-order valence-corrected chi connectivity index (χ0v) is 13.6. The van der Waals surface area contributed by atoms with Gasteiger partial charge in [-0.15, -0.1) is 0 Å². The van der Waals surface area contributed by atoms with Crippen molar-refractivity contribution < 1.29 is 18.9 Å². The third-order valence-corrected chi connectivity index (χ3v) is 4.08. The van der Waals surface area contributed by atoms with Gasteiger partial charge in [-0.1, -0.05) is 29.3 Å². The molecule has 118 valence electrons. The number of rotatable bonds is 8. The molecule has 0 bridgehead atoms. The highest BCUT2D eigenvalue weighted by atomic mass is 35.5. The van der Waals surface area contributed by atoms with Crippen LogP contribution in [-0.4, -0.2) is 40.1 Å². The first-order valence-electron chi connectivity index (χ1n) is 6.98. The van der Waals surface area contributed by atoms with Crippen LogP contribution in [0.15, 0.2) is 18.2 Å². The minimum Gasteiger partial charge on any atom is -0.382 e. The van der Waals surface area contributed by atoms with Crippen LogP contribution in [0.1, 0.15) is 18.4 Å². The van der Waals surface area contributed by atoms with E-state index >= 15 is 0 Å². The summed E-state index contributed by atoms with van der Waals surface area (Å²) >= 11 is 12.1. The van der Waals surface area contributed by atoms with Crippen molar-refractivity contribution in [2.45, 2.75) is 18.6 Å². The van der Waals surface area contributed by atoms with Gasteiger partial charge in [-0.2, -0.15) is 0 Å². The molecule has 21 heavy (non-hydrogen) atoms. The van der Waals surface area contributed by atoms with Gasteiger partial charge < -0.3 is 18.9 Å². The van der Waals surface area contributed by atoms with Gasteiger partial charge in [0.25, 0.3) is 0 Å². The van der Waals surface area contributed by atoms with E-state index in [-0.39, 0.29) is 0 Å². The van der Waals surface area contributed by atoms with E-state index in [2.05, 4.69) is 0 Å². The first kappa shape index (κ1) is 17.0. The number of benzene rings is 1. The summed E-state index contributed by atoms with van der Waals surface area (Å²) in [6.45, 7) is 2.98. The molecule has 1 aliphatic heterocycles. The molecule has 1 aliphatic rings. The van der Waals surface area contributed by atoms with E-state index in [1.54, 1.807) is 19.2 Å². The van der Waals surface area contributed by atoms with Crippen LogP contribution in [0, 0.1) is 0 Å². The molecule has 0 N–H and O–H groups in total. The topological polar surface area (TPSA) is 36.9 Å². The minimum absolute atomic E-state index is 0.504. The van der Waals surface area contributed by atoms with E-state index in [9.17, 15) is 0 Å². The van der Waals surface area contributed by atoms with E-state index in [0.29, 0.717) is 49.5 Å². The standard InChI is InChI=1S/C15H20Cl2O4/c1-18-7-8-19-6-2-5-15(20-9-10-21-15)12-3-4-13(16)14(17)11-12/h3-4,11H,2,5-10H2,1H3. The number of hydrogen-bond acceptors (Lipinski definition) is 4. The fourth-order valence-corrected chi connectivity index (χ4v) is 2.59. The van der Waals surface area contributed by atoms with E-state index in [4.69, 9.17) is 42.1 Å². The van der Waals surface area contributed by atoms with Crippen molar-refractivity contribution in [3.63, 3.8) is 0 Å². The van der Waals surface area contributed by atoms with Crippen LogP contribution in [-0.2, 0) is 24.7 Å². The fourth-order valence-electron chi connectivity index (χ4n) is 2.29. The van der Waals surface area contributed by atoms with Crippen LogP contribution in [0.2, 0.25) is 10.0 Å². The second kappa shape index (κ2) is 8.32. The van der Waals surface area contributed by atoms with E-state index in [0.717, 1.165) is 12.0 Å². The Balaban J connectivity index is 1.95. The molecule has 2 rings (SSSR count). The molecule has 0 amide bonds. The fraction of sp³-hybridized carbons (Fsp3) is 0.600. The Labute approximate surface area is 135 Å². The monoisotopic (exact) mass is 334 g/mol. The predicted octanol–water partition coefficient (Wildman–Crippen LogP) is 3.64. The van der Waals surface area contributed by atoms with Crippen LogP contribution in [0.5, 0.6) is 0 Å². The first-order valence-corrected chi connectivity index (χ1v) is 7.74. The van der Waals surface area contributed by atoms with Gasteiger partial charge in [0.1, 0.15) is 0 Å². The molecular formula is C15H20Cl2O4. The zero-order chi connectivity index (χ0) is 15.1. The van der Waals surface area contributed by atoms with Crippen molar-refractivity contribution in [1.82, 2.24) is 0 Å². The Bertz CT molecular complexity index is 447. The van der Waals surface area contributed by atoms with Crippen molar-refractivity contribution in [1.29, 1.82) is 0 Å². The summed E-state index contributed by atoms with van der Waals surface area (Å²) in [4.78, 5) is 0. The normalized spacial score (nSPS) is 17.3. The molecule has 0 atom stereocenters. The Morgan fingerprint density at radius 2 is 1.86 bits per heavy atom. The number of ether oxygens (including phenoxy) is 4. The van der Waals surface area contributed by atoms with E-state index < -0.39 is 5.79 Å². The van der Waals surface area contributed by atoms with E-state index in [1.165, 1.54) is 0 Å². The SMILES string of the molecule is COCCOCCCC1(c2ccc(Cl)c(Cl)c2)OCCO1. The summed E-state index contributed by atoms with van der Waals surface area (Å²) in [5.74, 6) is -0.737. The van der Waals surface area contributed by atoms with Crippen LogP contribution in [0.25, 0.3) is 0 Å². The molecule has 4 nitrogen and oxygen atoms in total. The second-order valence-electron chi connectivity index (χ2n) is 4.79. The highest BCUT2D eigenvalue weighted by Gasteiger charge is 2.38. The summed E-state index contributed by atoms with van der Waals surface area (Å²) in [6.07, 6.45) is 1.53. The molecule has 0 saturated carbocycles. The quantitative estimate of drug-likeness (QED) is 0.680. The molecule has 1 saturated heterocycles.